The van der Waals surface area contributed by atoms with Crippen molar-refractivity contribution in [3.8, 4) is 11.1 Å². The van der Waals surface area contributed by atoms with Crippen LogP contribution in [-0.4, -0.2) is 63.1 Å². The van der Waals surface area contributed by atoms with Crippen molar-refractivity contribution < 1.29 is 39.6 Å². The van der Waals surface area contributed by atoms with Gasteiger partial charge in [0.25, 0.3) is 11.1 Å². The maximum Gasteiger partial charge on any atom is 0.336 e. The van der Waals surface area contributed by atoms with Gasteiger partial charge >= 0.3 is 23.9 Å². The van der Waals surface area contributed by atoms with Gasteiger partial charge < -0.3 is 20.4 Å². The van der Waals surface area contributed by atoms with Crippen LogP contribution in [0.1, 0.15) is 41.4 Å². The summed E-state index contributed by atoms with van der Waals surface area (Å²) in [5, 5.41) is 42.0. The zero-order valence-corrected chi connectivity index (χ0v) is 27.1. The maximum absolute atomic E-state index is 14.2. The monoisotopic (exact) mass is 714 g/mol. The van der Waals surface area contributed by atoms with Gasteiger partial charge in [-0.25, -0.2) is 29.1 Å². The molecule has 14 heteroatoms. The Morgan fingerprint density at radius 3 is 1.46 bits per heavy atom. The Hall–Kier alpha value is -8.00. The molecule has 10 rings (SSSR count). The van der Waals surface area contributed by atoms with Gasteiger partial charge in [0.15, 0.2) is 0 Å². The normalized spacial score (nSPS) is 12.1. The minimum Gasteiger partial charge on any atom is -0.478 e. The molecule has 0 aliphatic carbocycles. The van der Waals surface area contributed by atoms with Crippen molar-refractivity contribution in [2.45, 2.75) is 0 Å². The first-order valence-corrected chi connectivity index (χ1v) is 16.2. The zero-order chi connectivity index (χ0) is 37.5. The summed E-state index contributed by atoms with van der Waals surface area (Å²) in [6, 6.07) is 20.3. The van der Waals surface area contributed by atoms with Crippen LogP contribution in [0.4, 0.5) is 0 Å². The highest BCUT2D eigenvalue weighted by Crippen LogP contribution is 2.43. The number of hydrogen-bond donors (Lipinski definition) is 4. The molecule has 0 saturated heterocycles. The average molecular weight is 715 g/mol. The Balaban J connectivity index is 1.37. The van der Waals surface area contributed by atoms with Gasteiger partial charge in [0.05, 0.1) is 44.3 Å². The molecule has 4 aromatic heterocycles. The number of hydrogen-bond acceptors (Lipinski definition) is 8. The third-order valence-electron chi connectivity index (χ3n) is 10.2. The molecule has 0 amide bonds. The summed E-state index contributed by atoms with van der Waals surface area (Å²) in [5.41, 5.74) is 0.522. The number of rotatable bonds is 5. The van der Waals surface area contributed by atoms with Crippen LogP contribution in [0.3, 0.4) is 0 Å². The van der Waals surface area contributed by atoms with E-state index in [1.807, 2.05) is 0 Å². The lowest BCUT2D eigenvalue weighted by molar-refractivity contribution is 0.0686. The molecular weight excluding hydrogens is 696 g/mol. The van der Waals surface area contributed by atoms with E-state index in [2.05, 4.69) is 9.97 Å². The summed E-state index contributed by atoms with van der Waals surface area (Å²) in [6.45, 7) is 0. The third kappa shape index (κ3) is 3.82. The summed E-state index contributed by atoms with van der Waals surface area (Å²) in [4.78, 5) is 86.9. The Morgan fingerprint density at radius 2 is 0.907 bits per heavy atom. The minimum absolute atomic E-state index is 0.0345. The molecule has 0 bridgehead atoms. The molecule has 0 fully saturated rings. The lowest BCUT2D eigenvalue weighted by atomic mass is 9.86. The molecule has 0 aliphatic heterocycles. The largest absolute Gasteiger partial charge is 0.478 e. The van der Waals surface area contributed by atoms with Gasteiger partial charge in [-0.05, 0) is 83.9 Å². The predicted molar refractivity (Wildman–Crippen MR) is 197 cm³/mol. The number of fused-ring (bicyclic) bond motifs is 8. The van der Waals surface area contributed by atoms with Crippen molar-refractivity contribution in [3.63, 3.8) is 0 Å². The molecule has 0 saturated carbocycles. The minimum atomic E-state index is -1.32. The molecule has 14 nitrogen and oxygen atoms in total. The summed E-state index contributed by atoms with van der Waals surface area (Å²) >= 11 is 0. The highest BCUT2D eigenvalue weighted by molar-refractivity contribution is 6.29. The number of benzene rings is 6. The number of aromatic nitrogens is 4. The maximum atomic E-state index is 14.2. The fourth-order valence-electron chi connectivity index (χ4n) is 7.96. The lowest BCUT2D eigenvalue weighted by Crippen LogP contribution is -2.15. The number of imidazole rings is 2. The number of carbonyl (C=O) groups is 4. The van der Waals surface area contributed by atoms with Gasteiger partial charge in [-0.1, -0.05) is 12.1 Å². The van der Waals surface area contributed by atoms with Gasteiger partial charge in [0.2, 0.25) is 0 Å². The van der Waals surface area contributed by atoms with Crippen LogP contribution in [0.25, 0.3) is 87.6 Å². The van der Waals surface area contributed by atoms with Crippen molar-refractivity contribution >= 4 is 100 Å². The van der Waals surface area contributed by atoms with Crippen LogP contribution >= 0.6 is 0 Å². The molecule has 0 spiro atoms. The van der Waals surface area contributed by atoms with Crippen molar-refractivity contribution in [2.24, 2.45) is 0 Å². The van der Waals surface area contributed by atoms with Crippen molar-refractivity contribution in [3.05, 3.63) is 128 Å². The molecule has 10 aromatic rings. The first-order valence-electron chi connectivity index (χ1n) is 16.2. The molecule has 0 aliphatic rings. The molecule has 4 heterocycles. The average Bonchev–Trinajstić information content (AvgIpc) is 3.74. The standard InChI is InChI=1S/C40H18N4O10/c45-35-21-7-4-18(30-23(39(51)52)9-6-20(32(21)30)34-42-26-13-15(37(47)48)2-12-27(26)43(34)35)17-3-5-19-31-22(8-10-24(29(17)31)40(53)54)36(46)44-28-14-16(38(49)50)1-11-25(28)41-33(19)44/h1-14H,(H,47,48)(H,49,50)(H,51,52)(H,53,54). The third-order valence-corrected chi connectivity index (χ3v) is 10.2. The van der Waals surface area contributed by atoms with E-state index in [9.17, 15) is 49.2 Å². The molecule has 258 valence electrons. The topological polar surface area (TPSA) is 218 Å². The summed E-state index contributed by atoms with van der Waals surface area (Å²) in [6.07, 6.45) is 0. The fraction of sp³-hybridized carbons (Fsp3) is 0. The number of pyridine rings is 2. The first-order chi connectivity index (χ1) is 25.9. The lowest BCUT2D eigenvalue weighted by Gasteiger charge is -2.18. The van der Waals surface area contributed by atoms with E-state index < -0.39 is 35.0 Å². The summed E-state index contributed by atoms with van der Waals surface area (Å²) < 4.78 is 2.64. The van der Waals surface area contributed by atoms with Gasteiger partial charge in [0, 0.05) is 43.1 Å². The zero-order valence-electron chi connectivity index (χ0n) is 27.1. The van der Waals surface area contributed by atoms with Crippen molar-refractivity contribution in [1.82, 2.24) is 18.8 Å². The highest BCUT2D eigenvalue weighted by atomic mass is 16.4. The number of carboxylic acids is 4. The van der Waals surface area contributed by atoms with Gasteiger partial charge in [0.1, 0.15) is 11.3 Å². The van der Waals surface area contributed by atoms with Crippen molar-refractivity contribution in [2.75, 3.05) is 0 Å². The van der Waals surface area contributed by atoms with E-state index in [1.165, 1.54) is 75.5 Å². The molecule has 0 atom stereocenters. The van der Waals surface area contributed by atoms with Gasteiger partial charge in [-0.15, -0.1) is 0 Å². The number of carboxylic acid groups (broad SMARTS) is 4. The predicted octanol–water partition coefficient (Wildman–Crippen LogP) is 5.96. The molecular formula is C40H18N4O10. The van der Waals surface area contributed by atoms with Gasteiger partial charge in [-0.3, -0.25) is 18.4 Å². The number of nitrogens with zero attached hydrogens (tertiary/aromatic N) is 4. The van der Waals surface area contributed by atoms with E-state index in [1.54, 1.807) is 18.2 Å². The summed E-state index contributed by atoms with van der Waals surface area (Å²) in [5.74, 6) is -5.00. The first kappa shape index (κ1) is 30.8. The summed E-state index contributed by atoms with van der Waals surface area (Å²) in [7, 11) is 0. The second-order valence-electron chi connectivity index (χ2n) is 12.9. The van der Waals surface area contributed by atoms with E-state index in [-0.39, 0.29) is 88.0 Å². The van der Waals surface area contributed by atoms with Crippen LogP contribution in [0.5, 0.6) is 0 Å². The molecule has 0 unspecified atom stereocenters. The van der Waals surface area contributed by atoms with Gasteiger partial charge in [-0.2, -0.15) is 0 Å². The van der Waals surface area contributed by atoms with E-state index >= 15 is 0 Å². The van der Waals surface area contributed by atoms with Crippen LogP contribution in [-0.2, 0) is 0 Å². The Bertz CT molecular complexity index is 3520. The van der Waals surface area contributed by atoms with Crippen LogP contribution in [0.2, 0.25) is 0 Å². The molecule has 0 radical (unpaired) electrons. The van der Waals surface area contributed by atoms with E-state index in [0.717, 1.165) is 0 Å². The Labute approximate surface area is 297 Å². The SMILES string of the molecule is O=C(O)c1ccc2c(c1)nc1c3ccc(C(=O)O)c4c(-c5ccc6c7c5c(C(=O)O)ccc7c(=O)n5c7cc(C(=O)O)ccc7nc65)ccc(c(=O)n21)c43. The van der Waals surface area contributed by atoms with E-state index in [4.69, 9.17) is 0 Å². The molecule has 4 N–H and O–H groups in total. The van der Waals surface area contributed by atoms with E-state index in [0.29, 0.717) is 21.8 Å². The second kappa shape index (κ2) is 10.3. The van der Waals surface area contributed by atoms with Crippen molar-refractivity contribution in [1.29, 1.82) is 0 Å². The Kier molecular flexibility index (Phi) is 5.87. The smallest absolute Gasteiger partial charge is 0.336 e. The fourth-order valence-corrected chi connectivity index (χ4v) is 7.96. The quantitative estimate of drug-likeness (QED) is 0.162. The molecule has 6 aromatic carbocycles. The second-order valence-corrected chi connectivity index (χ2v) is 12.9. The highest BCUT2D eigenvalue weighted by Gasteiger charge is 2.27. The van der Waals surface area contributed by atoms with Crippen LogP contribution in [0.15, 0.2) is 94.5 Å². The van der Waals surface area contributed by atoms with Crippen LogP contribution < -0.4 is 11.1 Å². The number of aromatic carboxylic acids is 4. The van der Waals surface area contributed by atoms with Crippen LogP contribution in [0, 0.1) is 0 Å². The molecule has 54 heavy (non-hydrogen) atoms. The Morgan fingerprint density at radius 1 is 0.444 bits per heavy atom.